The van der Waals surface area contributed by atoms with Crippen LogP contribution in [0.5, 0.6) is 0 Å². The molecule has 2 nitrogen and oxygen atoms in total. The van der Waals surface area contributed by atoms with Crippen LogP contribution in [0.3, 0.4) is 0 Å². The van der Waals surface area contributed by atoms with E-state index in [9.17, 15) is 0 Å². The first-order valence-electron chi connectivity index (χ1n) is 4.51. The molecule has 1 aromatic carbocycles. The number of nitrogens with zero attached hydrogens (tertiary/aromatic N) is 1. The van der Waals surface area contributed by atoms with Gasteiger partial charge >= 0.3 is 0 Å². The monoisotopic (exact) mass is 170 g/mol. The van der Waals surface area contributed by atoms with E-state index in [4.69, 9.17) is 0 Å². The van der Waals surface area contributed by atoms with Crippen molar-refractivity contribution in [2.75, 3.05) is 0 Å². The summed E-state index contributed by atoms with van der Waals surface area (Å²) in [6, 6.07) is 8.44. The zero-order chi connectivity index (χ0) is 8.67. The fraction of sp³-hybridized carbons (Fsp3) is 0.182. The Labute approximate surface area is 76.6 Å². The Morgan fingerprint density at radius 1 is 1.15 bits per heavy atom. The minimum absolute atomic E-state index is 0.962. The number of rotatable bonds is 0. The van der Waals surface area contributed by atoms with Crippen molar-refractivity contribution in [3.63, 3.8) is 0 Å². The second kappa shape index (κ2) is 2.54. The van der Waals surface area contributed by atoms with Crippen LogP contribution in [-0.2, 0) is 13.1 Å². The molecule has 0 amide bonds. The molecule has 64 valence electrons. The topological polar surface area (TPSA) is 24.9 Å². The van der Waals surface area contributed by atoms with Crippen LogP contribution in [0.4, 0.5) is 0 Å². The van der Waals surface area contributed by atoms with Crippen LogP contribution in [0, 0.1) is 0 Å². The summed E-state index contributed by atoms with van der Waals surface area (Å²) in [5, 5.41) is 4.58. The minimum Gasteiger partial charge on any atom is -0.309 e. The van der Waals surface area contributed by atoms with E-state index in [1.165, 1.54) is 16.5 Å². The Balaban J connectivity index is 2.43. The first-order chi connectivity index (χ1) is 6.45. The molecule has 0 saturated heterocycles. The predicted molar refractivity (Wildman–Crippen MR) is 52.3 cm³/mol. The normalized spacial score (nSPS) is 14.8. The minimum atomic E-state index is 0.962. The number of benzene rings is 1. The van der Waals surface area contributed by atoms with Crippen LogP contribution in [-0.4, -0.2) is 4.98 Å². The van der Waals surface area contributed by atoms with E-state index in [0.717, 1.165) is 18.6 Å². The molecule has 0 bridgehead atoms. The lowest BCUT2D eigenvalue weighted by atomic mass is 10.1. The van der Waals surface area contributed by atoms with E-state index in [1.807, 2.05) is 12.3 Å². The van der Waals surface area contributed by atoms with Crippen molar-refractivity contribution in [1.29, 1.82) is 0 Å². The molecule has 1 aliphatic heterocycles. The second-order valence-corrected chi connectivity index (χ2v) is 3.38. The Morgan fingerprint density at radius 3 is 3.15 bits per heavy atom. The summed E-state index contributed by atoms with van der Waals surface area (Å²) in [5.41, 5.74) is 3.93. The molecule has 2 aromatic rings. The van der Waals surface area contributed by atoms with E-state index in [1.54, 1.807) is 0 Å². The molecule has 0 saturated carbocycles. The highest BCUT2D eigenvalue weighted by molar-refractivity contribution is 5.83. The number of fused-ring (bicyclic) bond motifs is 3. The van der Waals surface area contributed by atoms with Crippen LogP contribution in [0.1, 0.15) is 11.1 Å². The maximum Gasteiger partial charge on any atom is 0.0750 e. The van der Waals surface area contributed by atoms with Gasteiger partial charge in [0.25, 0.3) is 0 Å². The van der Waals surface area contributed by atoms with Gasteiger partial charge in [0.15, 0.2) is 0 Å². The largest absolute Gasteiger partial charge is 0.309 e. The number of nitrogens with one attached hydrogen (secondary N) is 1. The average molecular weight is 170 g/mol. The zero-order valence-electron chi connectivity index (χ0n) is 7.25. The van der Waals surface area contributed by atoms with Gasteiger partial charge in [0.1, 0.15) is 0 Å². The fourth-order valence-corrected chi connectivity index (χ4v) is 1.93. The summed E-state index contributed by atoms with van der Waals surface area (Å²) in [7, 11) is 0. The van der Waals surface area contributed by atoms with E-state index in [2.05, 4.69) is 28.5 Å². The van der Waals surface area contributed by atoms with Gasteiger partial charge in [-0.05, 0) is 17.2 Å². The van der Waals surface area contributed by atoms with Gasteiger partial charge in [-0.15, -0.1) is 0 Å². The van der Waals surface area contributed by atoms with Gasteiger partial charge in [-0.2, -0.15) is 0 Å². The number of hydrogen-bond donors (Lipinski definition) is 1. The lowest BCUT2D eigenvalue weighted by Gasteiger charge is -2.01. The SMILES string of the molecule is c1cnc2c3c(ccc2c1)CNC3. The van der Waals surface area contributed by atoms with Gasteiger partial charge in [0, 0.05) is 24.7 Å². The molecular formula is C11H10N2. The van der Waals surface area contributed by atoms with Gasteiger partial charge in [-0.25, -0.2) is 0 Å². The lowest BCUT2D eigenvalue weighted by Crippen LogP contribution is -2.00. The Kier molecular flexibility index (Phi) is 1.37. The zero-order valence-corrected chi connectivity index (χ0v) is 7.25. The van der Waals surface area contributed by atoms with Gasteiger partial charge < -0.3 is 5.32 Å². The molecular weight excluding hydrogens is 160 g/mol. The molecule has 0 fully saturated rings. The molecule has 3 rings (SSSR count). The first-order valence-corrected chi connectivity index (χ1v) is 4.51. The highest BCUT2D eigenvalue weighted by Crippen LogP contribution is 2.23. The fourth-order valence-electron chi connectivity index (χ4n) is 1.93. The molecule has 13 heavy (non-hydrogen) atoms. The van der Waals surface area contributed by atoms with Crippen LogP contribution >= 0.6 is 0 Å². The Bertz CT molecular complexity index is 463. The van der Waals surface area contributed by atoms with E-state index in [0.29, 0.717) is 0 Å². The van der Waals surface area contributed by atoms with Crippen LogP contribution in [0.2, 0.25) is 0 Å². The van der Waals surface area contributed by atoms with Gasteiger partial charge in [-0.1, -0.05) is 18.2 Å². The molecule has 1 N–H and O–H groups in total. The van der Waals surface area contributed by atoms with Crippen molar-refractivity contribution < 1.29 is 0 Å². The maximum atomic E-state index is 4.41. The van der Waals surface area contributed by atoms with E-state index < -0.39 is 0 Å². The summed E-state index contributed by atoms with van der Waals surface area (Å²) in [6.45, 7) is 1.95. The van der Waals surface area contributed by atoms with Crippen molar-refractivity contribution in [3.05, 3.63) is 41.6 Å². The molecule has 0 atom stereocenters. The molecule has 1 aromatic heterocycles. The number of aromatic nitrogens is 1. The van der Waals surface area contributed by atoms with Crippen LogP contribution in [0.15, 0.2) is 30.5 Å². The molecule has 0 radical (unpaired) electrons. The van der Waals surface area contributed by atoms with Gasteiger partial charge in [-0.3, -0.25) is 4.98 Å². The summed E-state index contributed by atoms with van der Waals surface area (Å²) >= 11 is 0. The van der Waals surface area contributed by atoms with E-state index in [-0.39, 0.29) is 0 Å². The van der Waals surface area contributed by atoms with Crippen molar-refractivity contribution in [2.24, 2.45) is 0 Å². The highest BCUT2D eigenvalue weighted by atomic mass is 14.9. The lowest BCUT2D eigenvalue weighted by molar-refractivity contribution is 0.765. The summed E-state index contributed by atoms with van der Waals surface area (Å²) < 4.78 is 0. The van der Waals surface area contributed by atoms with Crippen molar-refractivity contribution >= 4 is 10.9 Å². The quantitative estimate of drug-likeness (QED) is 0.652. The summed E-state index contributed by atoms with van der Waals surface area (Å²) in [5.74, 6) is 0. The summed E-state index contributed by atoms with van der Waals surface area (Å²) in [6.07, 6.45) is 1.86. The Morgan fingerprint density at radius 2 is 2.15 bits per heavy atom. The van der Waals surface area contributed by atoms with E-state index >= 15 is 0 Å². The average Bonchev–Trinajstić information content (AvgIpc) is 2.65. The van der Waals surface area contributed by atoms with Crippen molar-refractivity contribution in [2.45, 2.75) is 13.1 Å². The first kappa shape index (κ1) is 7.04. The van der Waals surface area contributed by atoms with Gasteiger partial charge in [0.2, 0.25) is 0 Å². The molecule has 1 aliphatic rings. The Hall–Kier alpha value is -1.41. The highest BCUT2D eigenvalue weighted by Gasteiger charge is 2.12. The molecule has 2 heterocycles. The smallest absolute Gasteiger partial charge is 0.0750 e. The van der Waals surface area contributed by atoms with Crippen LogP contribution < -0.4 is 5.32 Å². The predicted octanol–water partition coefficient (Wildman–Crippen LogP) is 1.84. The molecule has 0 aliphatic carbocycles. The van der Waals surface area contributed by atoms with Gasteiger partial charge in [0.05, 0.1) is 5.52 Å². The third-order valence-corrected chi connectivity index (χ3v) is 2.59. The van der Waals surface area contributed by atoms with Crippen LogP contribution in [0.25, 0.3) is 10.9 Å². The summed E-state index contributed by atoms with van der Waals surface area (Å²) in [4.78, 5) is 4.41. The number of pyridine rings is 1. The van der Waals surface area contributed by atoms with Crippen molar-refractivity contribution in [3.8, 4) is 0 Å². The number of hydrogen-bond acceptors (Lipinski definition) is 2. The molecule has 0 spiro atoms. The second-order valence-electron chi connectivity index (χ2n) is 3.38. The molecule has 2 heteroatoms. The standard InChI is InChI=1S/C11H10N2/c1-2-8-3-4-9-6-12-7-10(9)11(8)13-5-1/h1-5,12H,6-7H2. The maximum absolute atomic E-state index is 4.41. The third kappa shape index (κ3) is 0.956. The molecule has 0 unspecified atom stereocenters. The van der Waals surface area contributed by atoms with Crippen molar-refractivity contribution in [1.82, 2.24) is 10.3 Å². The third-order valence-electron chi connectivity index (χ3n) is 2.59.